The minimum absolute atomic E-state index is 0.0129. The number of esters is 1. The van der Waals surface area contributed by atoms with Gasteiger partial charge in [-0.25, -0.2) is 4.79 Å². The first-order valence-corrected chi connectivity index (χ1v) is 11.6. The third kappa shape index (κ3) is 6.45. The zero-order valence-corrected chi connectivity index (χ0v) is 18.9. The van der Waals surface area contributed by atoms with Crippen LogP contribution < -0.4 is 0 Å². The second kappa shape index (κ2) is 11.1. The zero-order valence-electron chi connectivity index (χ0n) is 16.6. The monoisotopic (exact) mass is 469 g/mol. The molecule has 1 aromatic heterocycles. The van der Waals surface area contributed by atoms with E-state index in [4.69, 9.17) is 33.0 Å². The van der Waals surface area contributed by atoms with E-state index in [2.05, 4.69) is 0 Å². The van der Waals surface area contributed by atoms with Crippen LogP contribution in [0.15, 0.2) is 30.3 Å². The Morgan fingerprint density at radius 1 is 1.20 bits per heavy atom. The van der Waals surface area contributed by atoms with Gasteiger partial charge in [0.15, 0.2) is 0 Å². The van der Waals surface area contributed by atoms with Gasteiger partial charge in [-0.15, -0.1) is 11.3 Å². The summed E-state index contributed by atoms with van der Waals surface area (Å²) in [5.74, 6) is -0.188. The molecule has 1 saturated heterocycles. The number of carbonyl (C=O) groups excluding carboxylic acids is 2. The Hall–Kier alpha value is -1.60. The topological polar surface area (TPSA) is 66.8 Å². The number of halogens is 2. The lowest BCUT2D eigenvalue weighted by Gasteiger charge is -2.25. The molecular weight excluding hydrogens is 445 g/mol. The number of carbonyl (C=O) groups is 2. The highest BCUT2D eigenvalue weighted by molar-refractivity contribution is 7.13. The molecule has 1 unspecified atom stereocenters. The van der Waals surface area contributed by atoms with Crippen molar-refractivity contribution in [1.29, 1.82) is 0 Å². The molecule has 0 saturated carbocycles. The van der Waals surface area contributed by atoms with Gasteiger partial charge in [-0.1, -0.05) is 23.2 Å². The van der Waals surface area contributed by atoms with E-state index >= 15 is 0 Å². The average molecular weight is 470 g/mol. The molecular formula is C22H25Cl2NO4S. The molecule has 3 rings (SSSR count). The largest absolute Gasteiger partial charge is 0.459 e. The summed E-state index contributed by atoms with van der Waals surface area (Å²) in [6.45, 7) is 0.504. The van der Waals surface area contributed by atoms with Crippen molar-refractivity contribution in [3.05, 3.63) is 55.7 Å². The summed E-state index contributed by atoms with van der Waals surface area (Å²) in [4.78, 5) is 27.8. The lowest BCUT2D eigenvalue weighted by atomic mass is 10.1. The van der Waals surface area contributed by atoms with Crippen LogP contribution in [0.2, 0.25) is 10.0 Å². The van der Waals surface area contributed by atoms with E-state index < -0.39 is 5.97 Å². The quantitative estimate of drug-likeness (QED) is 0.509. The molecule has 162 valence electrons. The third-order valence-corrected chi connectivity index (χ3v) is 6.73. The van der Waals surface area contributed by atoms with Gasteiger partial charge in [-0.3, -0.25) is 4.79 Å². The lowest BCUT2D eigenvalue weighted by Crippen LogP contribution is -2.34. The number of aliphatic hydroxyl groups excluding tert-OH is 1. The van der Waals surface area contributed by atoms with Crippen molar-refractivity contribution >= 4 is 46.4 Å². The van der Waals surface area contributed by atoms with Crippen LogP contribution in [0.3, 0.4) is 0 Å². The van der Waals surface area contributed by atoms with Crippen LogP contribution in [-0.2, 0) is 22.4 Å². The number of aliphatic hydroxyl groups is 1. The molecule has 1 aliphatic heterocycles. The summed E-state index contributed by atoms with van der Waals surface area (Å²) in [6, 6.07) is 9.45. The molecule has 1 atom stereocenters. The Labute approximate surface area is 190 Å². The van der Waals surface area contributed by atoms with Gasteiger partial charge >= 0.3 is 5.97 Å². The van der Waals surface area contributed by atoms with Crippen molar-refractivity contribution in [3.63, 3.8) is 0 Å². The first-order chi connectivity index (χ1) is 14.5. The number of nitrogens with zero attached hydrogens (tertiary/aromatic N) is 1. The summed E-state index contributed by atoms with van der Waals surface area (Å²) >= 11 is 13.6. The number of thiophene rings is 1. The molecule has 1 N–H and O–H groups in total. The van der Waals surface area contributed by atoms with E-state index in [1.807, 2.05) is 23.1 Å². The van der Waals surface area contributed by atoms with Crippen LogP contribution in [0, 0.1) is 0 Å². The van der Waals surface area contributed by atoms with Crippen molar-refractivity contribution in [2.45, 2.75) is 44.6 Å². The smallest absolute Gasteiger partial charge is 0.348 e. The molecule has 1 aliphatic rings. The highest BCUT2D eigenvalue weighted by Gasteiger charge is 2.30. The molecule has 5 nitrogen and oxygen atoms in total. The molecule has 2 aromatic rings. The molecule has 0 aliphatic carbocycles. The van der Waals surface area contributed by atoms with E-state index in [9.17, 15) is 9.59 Å². The second-order valence-corrected chi connectivity index (χ2v) is 9.37. The molecule has 8 heteroatoms. The second-order valence-electron chi connectivity index (χ2n) is 7.33. The first-order valence-electron chi connectivity index (χ1n) is 10.1. The summed E-state index contributed by atoms with van der Waals surface area (Å²) in [6.07, 6.45) is 4.96. The zero-order chi connectivity index (χ0) is 21.5. The Balaban J connectivity index is 1.48. The molecule has 0 spiro atoms. The van der Waals surface area contributed by atoms with Crippen LogP contribution in [0.4, 0.5) is 0 Å². The van der Waals surface area contributed by atoms with Gasteiger partial charge in [0.05, 0.1) is 6.61 Å². The van der Waals surface area contributed by atoms with Gasteiger partial charge < -0.3 is 14.7 Å². The van der Waals surface area contributed by atoms with Crippen molar-refractivity contribution in [1.82, 2.24) is 4.90 Å². The van der Waals surface area contributed by atoms with Crippen molar-refractivity contribution in [2.24, 2.45) is 0 Å². The molecule has 0 radical (unpaired) electrons. The first kappa shape index (κ1) is 23.1. The molecule has 1 fully saturated rings. The van der Waals surface area contributed by atoms with Crippen molar-refractivity contribution < 1.29 is 19.4 Å². The Morgan fingerprint density at radius 2 is 1.97 bits per heavy atom. The maximum Gasteiger partial charge on any atom is 0.348 e. The third-order valence-electron chi connectivity index (χ3n) is 5.16. The van der Waals surface area contributed by atoms with Gasteiger partial charge in [0.1, 0.15) is 11.5 Å². The predicted octanol–water partition coefficient (Wildman–Crippen LogP) is 4.76. The van der Waals surface area contributed by atoms with E-state index in [0.717, 1.165) is 42.5 Å². The minimum Gasteiger partial charge on any atom is -0.459 e. The number of hydrogen-bond acceptors (Lipinski definition) is 5. The van der Waals surface area contributed by atoms with E-state index in [0.29, 0.717) is 27.9 Å². The fourth-order valence-electron chi connectivity index (χ4n) is 3.75. The number of hydrogen-bond donors (Lipinski definition) is 1. The minimum atomic E-state index is -0.394. The van der Waals surface area contributed by atoms with E-state index in [1.165, 1.54) is 11.3 Å². The number of aryl methyl sites for hydroxylation is 1. The fourth-order valence-corrected chi connectivity index (χ4v) is 5.26. The normalized spacial score (nSPS) is 16.3. The maximum atomic E-state index is 12.3. The van der Waals surface area contributed by atoms with Crippen LogP contribution >= 0.6 is 34.5 Å². The van der Waals surface area contributed by atoms with Crippen LogP contribution in [0.5, 0.6) is 0 Å². The number of likely N-dealkylation sites (tertiary alicyclic amines) is 1. The molecule has 30 heavy (non-hydrogen) atoms. The van der Waals surface area contributed by atoms with Crippen LogP contribution in [0.25, 0.3) is 0 Å². The van der Waals surface area contributed by atoms with Gasteiger partial charge in [0, 0.05) is 33.9 Å². The summed E-state index contributed by atoms with van der Waals surface area (Å²) in [5.41, 5.74) is 1.03. The summed E-state index contributed by atoms with van der Waals surface area (Å²) in [7, 11) is 0. The average Bonchev–Trinajstić information content (AvgIpc) is 3.31. The van der Waals surface area contributed by atoms with Crippen LogP contribution in [0.1, 0.15) is 45.8 Å². The van der Waals surface area contributed by atoms with Gasteiger partial charge in [-0.2, -0.15) is 0 Å². The molecule has 2 heterocycles. The Bertz CT molecular complexity index is 866. The number of benzene rings is 1. The Morgan fingerprint density at radius 3 is 2.70 bits per heavy atom. The maximum absolute atomic E-state index is 12.3. The van der Waals surface area contributed by atoms with E-state index in [-0.39, 0.29) is 25.2 Å². The predicted molar refractivity (Wildman–Crippen MR) is 120 cm³/mol. The number of rotatable bonds is 10. The van der Waals surface area contributed by atoms with E-state index in [1.54, 1.807) is 12.1 Å². The van der Waals surface area contributed by atoms with Crippen LogP contribution in [-0.4, -0.2) is 47.7 Å². The van der Waals surface area contributed by atoms with Gasteiger partial charge in [0.25, 0.3) is 0 Å². The molecule has 1 aromatic carbocycles. The van der Waals surface area contributed by atoms with Gasteiger partial charge in [-0.05, 0) is 68.0 Å². The number of amides is 1. The Kier molecular flexibility index (Phi) is 8.57. The highest BCUT2D eigenvalue weighted by Crippen LogP contribution is 2.26. The highest BCUT2D eigenvalue weighted by atomic mass is 35.5. The fraction of sp³-hybridized carbons (Fsp3) is 0.455. The summed E-state index contributed by atoms with van der Waals surface area (Å²) < 4.78 is 4.94. The van der Waals surface area contributed by atoms with Crippen molar-refractivity contribution in [3.8, 4) is 0 Å². The SMILES string of the molecule is O=C(OCCO)c1ccc(CCCC2CCC(=O)N2CCc2cc(Cl)cc(Cl)c2)s1. The lowest BCUT2D eigenvalue weighted by molar-refractivity contribution is -0.129. The number of ether oxygens (including phenoxy) is 1. The summed E-state index contributed by atoms with van der Waals surface area (Å²) in [5, 5.41) is 9.96. The molecule has 1 amide bonds. The van der Waals surface area contributed by atoms with Gasteiger partial charge in [0.2, 0.25) is 5.91 Å². The standard InChI is InChI=1S/C22H25Cl2NO4S/c23-16-12-15(13-17(24)14-16)8-9-25-18(4-7-21(25)27)2-1-3-19-5-6-20(30-19)22(28)29-11-10-26/h5-6,12-14,18,26H,1-4,7-11H2. The van der Waals surface area contributed by atoms with Crippen molar-refractivity contribution in [2.75, 3.05) is 19.8 Å². The molecule has 0 bridgehead atoms.